The lowest BCUT2D eigenvalue weighted by molar-refractivity contribution is 0.336. The Morgan fingerprint density at radius 3 is 2.85 bits per heavy atom. The van der Waals surface area contributed by atoms with E-state index in [1.54, 1.807) is 12.1 Å². The van der Waals surface area contributed by atoms with Crippen LogP contribution >= 0.6 is 0 Å². The predicted molar refractivity (Wildman–Crippen MR) is 126 cm³/mol. The molecule has 1 fully saturated rings. The molecule has 1 aliphatic rings. The molecule has 0 bridgehead atoms. The summed E-state index contributed by atoms with van der Waals surface area (Å²) in [7, 11) is -2.95. The average Bonchev–Trinajstić information content (AvgIpc) is 3.51. The Labute approximate surface area is 192 Å². The van der Waals surface area contributed by atoms with Crippen molar-refractivity contribution in [3.05, 3.63) is 71.9 Å². The molecule has 5 rings (SSSR count). The zero-order chi connectivity index (χ0) is 23.0. The summed E-state index contributed by atoms with van der Waals surface area (Å²) < 4.78 is 38.8. The number of benzene rings is 2. The van der Waals surface area contributed by atoms with Gasteiger partial charge in [-0.3, -0.25) is 4.68 Å². The summed E-state index contributed by atoms with van der Waals surface area (Å²) in [5.74, 6) is 0.677. The van der Waals surface area contributed by atoms with E-state index in [0.29, 0.717) is 18.5 Å². The molecule has 1 unspecified atom stereocenters. The number of hydrogen-bond donors (Lipinski definition) is 1. The van der Waals surface area contributed by atoms with Gasteiger partial charge in [0, 0.05) is 44.1 Å². The standard InChI is InChI=1S/C24H26FN5O2S/c1-33(31,32)13-12-29-10-8-19(16-29)30-11-9-21(28-30)18-6-7-22-23(14-18)27-24(26-22)15-17-4-2-3-5-20(17)25/h2-7,9,11,14,19H,8,10,12-13,15-16H2,1H3,(H,26,27). The van der Waals surface area contributed by atoms with Gasteiger partial charge in [-0.15, -0.1) is 0 Å². The van der Waals surface area contributed by atoms with E-state index in [1.807, 2.05) is 41.2 Å². The Morgan fingerprint density at radius 1 is 1.18 bits per heavy atom. The van der Waals surface area contributed by atoms with Crippen LogP contribution in [0.1, 0.15) is 23.9 Å². The number of nitrogens with zero attached hydrogens (tertiary/aromatic N) is 4. The largest absolute Gasteiger partial charge is 0.342 e. The van der Waals surface area contributed by atoms with Crippen LogP contribution < -0.4 is 0 Å². The fraction of sp³-hybridized carbons (Fsp3) is 0.333. The molecule has 1 aliphatic heterocycles. The van der Waals surface area contributed by atoms with Gasteiger partial charge < -0.3 is 9.88 Å². The highest BCUT2D eigenvalue weighted by molar-refractivity contribution is 7.90. The molecule has 1 saturated heterocycles. The van der Waals surface area contributed by atoms with Crippen LogP contribution in [0.15, 0.2) is 54.7 Å². The van der Waals surface area contributed by atoms with Crippen LogP contribution in [0.3, 0.4) is 0 Å². The van der Waals surface area contributed by atoms with Crippen molar-refractivity contribution in [2.75, 3.05) is 31.6 Å². The summed E-state index contributed by atoms with van der Waals surface area (Å²) in [4.78, 5) is 10.1. The molecule has 0 aliphatic carbocycles. The Bertz CT molecular complexity index is 1390. The normalized spacial score (nSPS) is 17.2. The molecule has 0 spiro atoms. The third kappa shape index (κ3) is 4.99. The van der Waals surface area contributed by atoms with Gasteiger partial charge in [0.2, 0.25) is 0 Å². The van der Waals surface area contributed by atoms with Gasteiger partial charge in [0.05, 0.1) is 28.5 Å². The molecule has 2 aromatic carbocycles. The van der Waals surface area contributed by atoms with E-state index in [2.05, 4.69) is 14.9 Å². The average molecular weight is 468 g/mol. The summed E-state index contributed by atoms with van der Waals surface area (Å²) in [5, 5.41) is 4.79. The molecular weight excluding hydrogens is 441 g/mol. The smallest absolute Gasteiger partial charge is 0.148 e. The second-order valence-electron chi connectivity index (χ2n) is 8.74. The highest BCUT2D eigenvalue weighted by atomic mass is 32.2. The maximum Gasteiger partial charge on any atom is 0.148 e. The van der Waals surface area contributed by atoms with Crippen molar-refractivity contribution in [2.24, 2.45) is 0 Å². The number of nitrogens with one attached hydrogen (secondary N) is 1. The van der Waals surface area contributed by atoms with Crippen LogP contribution in [-0.2, 0) is 16.3 Å². The van der Waals surface area contributed by atoms with Gasteiger partial charge in [-0.1, -0.05) is 24.3 Å². The van der Waals surface area contributed by atoms with E-state index in [0.717, 1.165) is 47.6 Å². The van der Waals surface area contributed by atoms with Gasteiger partial charge in [0.15, 0.2) is 0 Å². The molecule has 1 N–H and O–H groups in total. The van der Waals surface area contributed by atoms with Crippen LogP contribution in [0.25, 0.3) is 22.3 Å². The van der Waals surface area contributed by atoms with Crippen molar-refractivity contribution in [3.63, 3.8) is 0 Å². The molecule has 0 radical (unpaired) electrons. The molecule has 0 saturated carbocycles. The molecule has 3 heterocycles. The fourth-order valence-corrected chi connectivity index (χ4v) is 4.94. The van der Waals surface area contributed by atoms with Gasteiger partial charge in [-0.25, -0.2) is 17.8 Å². The fourth-order valence-electron chi connectivity index (χ4n) is 4.35. The molecule has 2 aromatic heterocycles. The van der Waals surface area contributed by atoms with Crippen LogP contribution in [0.5, 0.6) is 0 Å². The highest BCUT2D eigenvalue weighted by Crippen LogP contribution is 2.26. The first-order valence-corrected chi connectivity index (χ1v) is 13.1. The zero-order valence-electron chi connectivity index (χ0n) is 18.4. The van der Waals surface area contributed by atoms with Crippen LogP contribution in [0.2, 0.25) is 0 Å². The zero-order valence-corrected chi connectivity index (χ0v) is 19.2. The number of rotatable bonds is 7. The summed E-state index contributed by atoms with van der Waals surface area (Å²) in [6, 6.07) is 14.9. The van der Waals surface area contributed by atoms with Crippen LogP contribution in [-0.4, -0.2) is 64.7 Å². The minimum absolute atomic E-state index is 0.188. The van der Waals surface area contributed by atoms with Crippen molar-refractivity contribution >= 4 is 20.9 Å². The van der Waals surface area contributed by atoms with Crippen molar-refractivity contribution < 1.29 is 12.8 Å². The minimum Gasteiger partial charge on any atom is -0.342 e. The van der Waals surface area contributed by atoms with Gasteiger partial charge in [0.1, 0.15) is 21.5 Å². The van der Waals surface area contributed by atoms with Gasteiger partial charge in [-0.05, 0) is 36.2 Å². The second kappa shape index (κ2) is 8.72. The topological polar surface area (TPSA) is 83.9 Å². The quantitative estimate of drug-likeness (QED) is 0.450. The number of likely N-dealkylation sites (tertiary alicyclic amines) is 1. The number of imidazole rings is 1. The van der Waals surface area contributed by atoms with Gasteiger partial charge in [-0.2, -0.15) is 5.10 Å². The van der Waals surface area contributed by atoms with Crippen molar-refractivity contribution in [1.29, 1.82) is 0 Å². The number of H-pyrrole nitrogens is 1. The lowest BCUT2D eigenvalue weighted by Gasteiger charge is -2.15. The summed E-state index contributed by atoms with van der Waals surface area (Å²) in [6.07, 6.45) is 4.62. The number of halogens is 1. The molecule has 7 nitrogen and oxygen atoms in total. The Kier molecular flexibility index (Phi) is 5.76. The molecule has 33 heavy (non-hydrogen) atoms. The Hall–Kier alpha value is -3.04. The van der Waals surface area contributed by atoms with Crippen LogP contribution in [0, 0.1) is 5.82 Å². The summed E-state index contributed by atoms with van der Waals surface area (Å²) in [6.45, 7) is 2.24. The van der Waals surface area contributed by atoms with E-state index in [1.165, 1.54) is 12.3 Å². The SMILES string of the molecule is CS(=O)(=O)CCN1CCC(n2ccc(-c3ccc4nc(Cc5ccccc5F)[nH]c4c3)n2)C1. The van der Waals surface area contributed by atoms with E-state index >= 15 is 0 Å². The van der Waals surface area contributed by atoms with Gasteiger partial charge in [0.25, 0.3) is 0 Å². The lowest BCUT2D eigenvalue weighted by atomic mass is 10.1. The maximum absolute atomic E-state index is 14.0. The Balaban J connectivity index is 1.30. The van der Waals surface area contributed by atoms with Crippen molar-refractivity contribution in [2.45, 2.75) is 18.9 Å². The maximum atomic E-state index is 14.0. The molecule has 172 valence electrons. The summed E-state index contributed by atoms with van der Waals surface area (Å²) >= 11 is 0. The first kappa shape index (κ1) is 21.8. The molecule has 0 amide bonds. The minimum atomic E-state index is -2.95. The van der Waals surface area contributed by atoms with Crippen LogP contribution in [0.4, 0.5) is 4.39 Å². The second-order valence-corrected chi connectivity index (χ2v) is 11.0. The lowest BCUT2D eigenvalue weighted by Crippen LogP contribution is -2.27. The number of aromatic amines is 1. The van der Waals surface area contributed by atoms with E-state index in [9.17, 15) is 12.8 Å². The highest BCUT2D eigenvalue weighted by Gasteiger charge is 2.25. The van der Waals surface area contributed by atoms with E-state index in [4.69, 9.17) is 5.10 Å². The monoisotopic (exact) mass is 467 g/mol. The van der Waals surface area contributed by atoms with Crippen molar-refractivity contribution in [1.82, 2.24) is 24.6 Å². The van der Waals surface area contributed by atoms with E-state index in [-0.39, 0.29) is 17.6 Å². The number of fused-ring (bicyclic) bond motifs is 1. The summed E-state index contributed by atoms with van der Waals surface area (Å²) in [5.41, 5.74) is 4.19. The number of sulfone groups is 1. The van der Waals surface area contributed by atoms with Gasteiger partial charge >= 0.3 is 0 Å². The Morgan fingerprint density at radius 2 is 2.03 bits per heavy atom. The molecular formula is C24H26FN5O2S. The first-order chi connectivity index (χ1) is 15.8. The predicted octanol–water partition coefficient (Wildman–Crippen LogP) is 3.45. The third-order valence-electron chi connectivity index (χ3n) is 6.15. The first-order valence-electron chi connectivity index (χ1n) is 11.0. The number of aromatic nitrogens is 4. The number of hydrogen-bond acceptors (Lipinski definition) is 5. The van der Waals surface area contributed by atoms with Crippen molar-refractivity contribution in [3.8, 4) is 11.3 Å². The molecule has 1 atom stereocenters. The molecule has 4 aromatic rings. The van der Waals surface area contributed by atoms with E-state index < -0.39 is 9.84 Å². The third-order valence-corrected chi connectivity index (χ3v) is 7.07. The molecule has 9 heteroatoms.